The van der Waals surface area contributed by atoms with E-state index < -0.39 is 17.1 Å². The molecule has 1 atom stereocenters. The number of aromatic nitrogens is 3. The molecule has 2 aromatic rings. The van der Waals surface area contributed by atoms with Gasteiger partial charge in [-0.25, -0.2) is 9.78 Å². The second-order valence-electron chi connectivity index (χ2n) is 9.60. The standard InChI is InChI=1S/C23H30N6O3/c1-15-10-20(29(27-15)21(30)32-22(3,4)5)26-18-11-17(23(14-24)6-7-23)12-19(25-18)28-8-9-31-13-16(28)2/h10-12,16H,6-9,13H2,1-5H3,(H,25,26). The van der Waals surface area contributed by atoms with E-state index >= 15 is 0 Å². The molecule has 0 spiro atoms. The van der Waals surface area contributed by atoms with Gasteiger partial charge in [0.15, 0.2) is 0 Å². The normalized spacial score (nSPS) is 19.9. The third-order valence-electron chi connectivity index (χ3n) is 5.64. The van der Waals surface area contributed by atoms with Crippen LogP contribution in [-0.2, 0) is 14.9 Å². The molecular formula is C23H30N6O3. The largest absolute Gasteiger partial charge is 0.442 e. The van der Waals surface area contributed by atoms with E-state index in [0.29, 0.717) is 30.5 Å². The summed E-state index contributed by atoms with van der Waals surface area (Å²) in [7, 11) is 0. The first-order valence-corrected chi connectivity index (χ1v) is 11.0. The number of carbonyl (C=O) groups excluding carboxylic acids is 1. The molecule has 1 saturated carbocycles. The molecule has 9 nitrogen and oxygen atoms in total. The fourth-order valence-electron chi connectivity index (χ4n) is 3.83. The van der Waals surface area contributed by atoms with Gasteiger partial charge in [-0.15, -0.1) is 4.68 Å². The zero-order chi connectivity index (χ0) is 23.1. The third-order valence-corrected chi connectivity index (χ3v) is 5.64. The first-order valence-electron chi connectivity index (χ1n) is 11.0. The number of pyridine rings is 1. The number of ether oxygens (including phenoxy) is 2. The van der Waals surface area contributed by atoms with Crippen molar-refractivity contribution in [2.24, 2.45) is 0 Å². The lowest BCUT2D eigenvalue weighted by Gasteiger charge is -2.34. The topological polar surface area (TPSA) is 105 Å². The van der Waals surface area contributed by atoms with Crippen molar-refractivity contribution in [2.45, 2.75) is 64.5 Å². The minimum absolute atomic E-state index is 0.172. The van der Waals surface area contributed by atoms with E-state index in [4.69, 9.17) is 14.5 Å². The zero-order valence-electron chi connectivity index (χ0n) is 19.3. The van der Waals surface area contributed by atoms with E-state index in [2.05, 4.69) is 28.3 Å². The maximum atomic E-state index is 12.7. The first-order chi connectivity index (χ1) is 15.1. The van der Waals surface area contributed by atoms with Gasteiger partial charge in [0.2, 0.25) is 0 Å². The lowest BCUT2D eigenvalue weighted by atomic mass is 9.98. The summed E-state index contributed by atoms with van der Waals surface area (Å²) in [5.74, 6) is 1.81. The zero-order valence-corrected chi connectivity index (χ0v) is 19.3. The molecule has 3 heterocycles. The van der Waals surface area contributed by atoms with Gasteiger partial charge < -0.3 is 19.7 Å². The molecule has 1 saturated heterocycles. The number of nitriles is 1. The molecule has 32 heavy (non-hydrogen) atoms. The molecule has 0 bridgehead atoms. The molecule has 2 aromatic heterocycles. The van der Waals surface area contributed by atoms with Crippen molar-refractivity contribution < 1.29 is 14.3 Å². The van der Waals surface area contributed by atoms with E-state index in [0.717, 1.165) is 30.8 Å². The fourth-order valence-corrected chi connectivity index (χ4v) is 3.83. The summed E-state index contributed by atoms with van der Waals surface area (Å²) in [4.78, 5) is 19.7. The summed E-state index contributed by atoms with van der Waals surface area (Å²) in [6.45, 7) is 11.3. The summed E-state index contributed by atoms with van der Waals surface area (Å²) < 4.78 is 12.3. The molecule has 0 aromatic carbocycles. The van der Waals surface area contributed by atoms with Crippen LogP contribution in [0.15, 0.2) is 18.2 Å². The lowest BCUT2D eigenvalue weighted by molar-refractivity contribution is 0.0518. The van der Waals surface area contributed by atoms with Crippen molar-refractivity contribution in [3.05, 3.63) is 29.5 Å². The van der Waals surface area contributed by atoms with Gasteiger partial charge in [0, 0.05) is 12.6 Å². The Hall–Kier alpha value is -3.12. The monoisotopic (exact) mass is 438 g/mol. The van der Waals surface area contributed by atoms with Gasteiger partial charge in [0.05, 0.1) is 36.4 Å². The maximum Gasteiger partial charge on any atom is 0.437 e. The van der Waals surface area contributed by atoms with Crippen LogP contribution in [0.5, 0.6) is 0 Å². The van der Waals surface area contributed by atoms with Crippen molar-refractivity contribution in [3.8, 4) is 6.07 Å². The van der Waals surface area contributed by atoms with Crippen LogP contribution in [0.3, 0.4) is 0 Å². The van der Waals surface area contributed by atoms with Crippen LogP contribution in [0.4, 0.5) is 22.2 Å². The molecule has 4 rings (SSSR count). The van der Waals surface area contributed by atoms with Crippen molar-refractivity contribution in [2.75, 3.05) is 30.0 Å². The highest BCUT2D eigenvalue weighted by Crippen LogP contribution is 2.48. The molecule has 0 radical (unpaired) electrons. The number of hydrogen-bond acceptors (Lipinski definition) is 8. The molecule has 2 fully saturated rings. The molecule has 2 aliphatic rings. The van der Waals surface area contributed by atoms with E-state index in [-0.39, 0.29) is 6.04 Å². The van der Waals surface area contributed by atoms with Crippen LogP contribution in [0, 0.1) is 18.3 Å². The number of anilines is 3. The molecule has 1 unspecified atom stereocenters. The average Bonchev–Trinajstić information content (AvgIpc) is 3.44. The summed E-state index contributed by atoms with van der Waals surface area (Å²) in [5, 5.41) is 17.3. The molecule has 1 aliphatic heterocycles. The number of nitrogens with one attached hydrogen (secondary N) is 1. The van der Waals surface area contributed by atoms with Crippen molar-refractivity contribution in [3.63, 3.8) is 0 Å². The van der Waals surface area contributed by atoms with Crippen LogP contribution in [0.2, 0.25) is 0 Å². The Morgan fingerprint density at radius 2 is 2.09 bits per heavy atom. The van der Waals surface area contributed by atoms with Gasteiger partial charge in [-0.2, -0.15) is 10.4 Å². The highest BCUT2D eigenvalue weighted by molar-refractivity contribution is 5.76. The molecule has 9 heteroatoms. The maximum absolute atomic E-state index is 12.7. The van der Waals surface area contributed by atoms with Gasteiger partial charge in [-0.1, -0.05) is 0 Å². The number of rotatable bonds is 4. The van der Waals surface area contributed by atoms with E-state index in [9.17, 15) is 10.1 Å². The minimum Gasteiger partial charge on any atom is -0.442 e. The Morgan fingerprint density at radius 1 is 1.34 bits per heavy atom. The summed E-state index contributed by atoms with van der Waals surface area (Å²) in [6, 6.07) is 8.32. The van der Waals surface area contributed by atoms with Gasteiger partial charge in [0.1, 0.15) is 23.1 Å². The number of carbonyl (C=O) groups is 1. The van der Waals surface area contributed by atoms with Crippen molar-refractivity contribution in [1.29, 1.82) is 5.26 Å². The Labute approximate surface area is 188 Å². The second kappa shape index (κ2) is 8.10. The van der Waals surface area contributed by atoms with Crippen molar-refractivity contribution in [1.82, 2.24) is 14.8 Å². The highest BCUT2D eigenvalue weighted by atomic mass is 16.6. The molecule has 170 valence electrons. The predicted octanol–water partition coefficient (Wildman–Crippen LogP) is 3.89. The quantitative estimate of drug-likeness (QED) is 0.766. The minimum atomic E-state index is -0.642. The van der Waals surface area contributed by atoms with Crippen LogP contribution >= 0.6 is 0 Å². The summed E-state index contributed by atoms with van der Waals surface area (Å²) >= 11 is 0. The van der Waals surface area contributed by atoms with Crippen molar-refractivity contribution >= 4 is 23.5 Å². The highest BCUT2D eigenvalue weighted by Gasteiger charge is 2.45. The summed E-state index contributed by atoms with van der Waals surface area (Å²) in [5.41, 5.74) is 0.501. The smallest absolute Gasteiger partial charge is 0.437 e. The molecule has 0 amide bonds. The van der Waals surface area contributed by atoms with Gasteiger partial charge in [-0.3, -0.25) is 0 Å². The van der Waals surface area contributed by atoms with Crippen LogP contribution < -0.4 is 10.2 Å². The predicted molar refractivity (Wildman–Crippen MR) is 120 cm³/mol. The Morgan fingerprint density at radius 3 is 2.72 bits per heavy atom. The second-order valence-corrected chi connectivity index (χ2v) is 9.60. The van der Waals surface area contributed by atoms with E-state index in [1.54, 1.807) is 6.07 Å². The van der Waals surface area contributed by atoms with Gasteiger partial charge in [0.25, 0.3) is 0 Å². The number of morpholine rings is 1. The van der Waals surface area contributed by atoms with E-state index in [1.807, 2.05) is 39.8 Å². The Kier molecular flexibility index (Phi) is 5.59. The van der Waals surface area contributed by atoms with Crippen LogP contribution in [0.1, 0.15) is 51.8 Å². The lowest BCUT2D eigenvalue weighted by Crippen LogP contribution is -2.44. The summed E-state index contributed by atoms with van der Waals surface area (Å²) in [6.07, 6.45) is 1.10. The van der Waals surface area contributed by atoms with E-state index in [1.165, 1.54) is 4.68 Å². The van der Waals surface area contributed by atoms with Crippen LogP contribution in [0.25, 0.3) is 0 Å². The van der Waals surface area contributed by atoms with Crippen LogP contribution in [-0.4, -0.2) is 52.3 Å². The molecular weight excluding hydrogens is 408 g/mol. The first kappa shape index (κ1) is 22.1. The van der Waals surface area contributed by atoms with Gasteiger partial charge in [-0.05, 0) is 65.2 Å². The number of hydrogen-bond donors (Lipinski definition) is 1. The average molecular weight is 439 g/mol. The SMILES string of the molecule is Cc1cc(Nc2cc(C3(C#N)CC3)cc(N3CCOCC3C)n2)n(C(=O)OC(C)(C)C)n1. The molecule has 1 aliphatic carbocycles. The third kappa shape index (κ3) is 4.55. The number of aryl methyl sites for hydroxylation is 1. The van der Waals surface area contributed by atoms with Gasteiger partial charge >= 0.3 is 6.09 Å². The number of nitrogens with zero attached hydrogens (tertiary/aromatic N) is 5. The fraction of sp³-hybridized carbons (Fsp3) is 0.565. The Balaban J connectivity index is 1.70. The Bertz CT molecular complexity index is 1060. The molecule has 1 N–H and O–H groups in total.